The highest BCUT2D eigenvalue weighted by Crippen LogP contribution is 2.43. The Morgan fingerprint density at radius 2 is 0.780 bits per heavy atom. The lowest BCUT2D eigenvalue weighted by Gasteiger charge is -2.27. The molecule has 3 atom stereocenters. The molecule has 0 aromatic rings. The van der Waals surface area contributed by atoms with Gasteiger partial charge in [0.2, 0.25) is 5.91 Å². The summed E-state index contributed by atoms with van der Waals surface area (Å²) in [5.41, 5.74) is 0. The van der Waals surface area contributed by atoms with E-state index in [1.807, 2.05) is 33.3 Å². The predicted molar refractivity (Wildman–Crippen MR) is 355 cm³/mol. The lowest BCUT2D eigenvalue weighted by Crippen LogP contribution is -2.47. The molecule has 2 N–H and O–H groups in total. The number of hydrogen-bond donors (Lipinski definition) is 2. The number of phosphoric ester groups is 1. The molecule has 0 aliphatic rings. The number of quaternary nitrogens is 1. The van der Waals surface area contributed by atoms with Gasteiger partial charge in [0.05, 0.1) is 33.8 Å². The maximum absolute atomic E-state index is 13.6. The van der Waals surface area contributed by atoms with Crippen LogP contribution in [-0.2, 0) is 27.9 Å². The van der Waals surface area contributed by atoms with Crippen LogP contribution in [-0.4, -0.2) is 74.3 Å². The van der Waals surface area contributed by atoms with Gasteiger partial charge in [-0.2, -0.15) is 0 Å². The van der Waals surface area contributed by atoms with E-state index >= 15 is 0 Å². The molecule has 0 rings (SSSR count). The third-order valence-electron chi connectivity index (χ3n) is 14.8. The number of unbranched alkanes of at least 4 members (excludes halogenated alkanes) is 31. The molecule has 1 amide bonds. The third-order valence-corrected chi connectivity index (χ3v) is 15.7. The van der Waals surface area contributed by atoms with E-state index in [0.29, 0.717) is 23.9 Å². The summed E-state index contributed by atoms with van der Waals surface area (Å²) >= 11 is 0. The van der Waals surface area contributed by atoms with E-state index in [1.165, 1.54) is 161 Å². The van der Waals surface area contributed by atoms with Crippen molar-refractivity contribution in [1.82, 2.24) is 5.32 Å². The number of ether oxygens (including phenoxy) is 1. The summed E-state index contributed by atoms with van der Waals surface area (Å²) < 4.78 is 30.8. The number of allylic oxidation sites excluding steroid dienone is 15. The lowest BCUT2D eigenvalue weighted by molar-refractivity contribution is -0.870. The normalized spacial score (nSPS) is 14.2. The van der Waals surface area contributed by atoms with Crippen LogP contribution in [0.4, 0.5) is 0 Å². The van der Waals surface area contributed by atoms with E-state index in [4.69, 9.17) is 13.8 Å². The number of nitrogens with one attached hydrogen (secondary N) is 1. The highest BCUT2D eigenvalue weighted by Gasteiger charge is 2.30. The van der Waals surface area contributed by atoms with Crippen molar-refractivity contribution in [2.24, 2.45) is 0 Å². The van der Waals surface area contributed by atoms with Crippen LogP contribution in [0.25, 0.3) is 0 Å². The van der Waals surface area contributed by atoms with E-state index in [-0.39, 0.29) is 31.5 Å². The standard InChI is InChI=1S/C72H129N2O7P/c1-7-10-13-16-19-22-25-28-30-32-34-35-36-37-38-39-41-42-44-46-49-52-55-58-61-64-71(75)73-69(68-80-82(77,78)79-67-66-74(4,5)6)70(63-60-57-54-51-48-27-24-21-18-15-12-9-3)81-72(76)65-62-59-56-53-50-47-45-43-40-33-31-29-26-23-20-17-14-11-8-2/h11,14,19-20,22-23,28-31,40,43,47,50,60,63,69-70H,7-10,12-13,15-18,21,24-27,32-39,41-42,44-46,48-49,51-59,61-62,64-68H2,1-6H3,(H-,73,75,77,78)/p+1/b14-11-,22-19-,23-20-,30-28-,31-29-,43-40-,50-47-,63-60-. The molecule has 0 aromatic carbocycles. The second kappa shape index (κ2) is 61.0. The summed E-state index contributed by atoms with van der Waals surface area (Å²) in [6, 6.07) is -0.867. The fraction of sp³-hybridized carbons (Fsp3) is 0.750. The fourth-order valence-electron chi connectivity index (χ4n) is 9.53. The topological polar surface area (TPSA) is 111 Å². The van der Waals surface area contributed by atoms with Gasteiger partial charge >= 0.3 is 13.8 Å². The third kappa shape index (κ3) is 61.5. The van der Waals surface area contributed by atoms with Crippen LogP contribution in [0.5, 0.6) is 0 Å². The first-order valence-corrected chi connectivity index (χ1v) is 35.6. The van der Waals surface area contributed by atoms with Gasteiger partial charge in [0.1, 0.15) is 19.3 Å². The lowest BCUT2D eigenvalue weighted by atomic mass is 10.0. The minimum atomic E-state index is -4.46. The molecule has 0 saturated heterocycles. The summed E-state index contributed by atoms with van der Waals surface area (Å²) in [5, 5.41) is 3.06. The smallest absolute Gasteiger partial charge is 0.456 e. The van der Waals surface area contributed by atoms with Gasteiger partial charge in [0.15, 0.2) is 0 Å². The number of rotatable bonds is 61. The van der Waals surface area contributed by atoms with Gasteiger partial charge in [0.25, 0.3) is 0 Å². The molecule has 0 saturated carbocycles. The van der Waals surface area contributed by atoms with E-state index in [0.717, 1.165) is 96.3 Å². The molecule has 10 heteroatoms. The number of likely N-dealkylation sites (N-methyl/N-ethyl adjacent to an activating group) is 1. The Balaban J connectivity index is 5.14. The van der Waals surface area contributed by atoms with Crippen LogP contribution in [0.3, 0.4) is 0 Å². The average molecular weight is 1170 g/mol. The maximum Gasteiger partial charge on any atom is 0.472 e. The minimum absolute atomic E-state index is 0.0313. The van der Waals surface area contributed by atoms with Crippen LogP contribution in [0.1, 0.15) is 297 Å². The van der Waals surface area contributed by atoms with Gasteiger partial charge in [-0.25, -0.2) is 4.57 Å². The van der Waals surface area contributed by atoms with Crippen molar-refractivity contribution in [3.8, 4) is 0 Å². The van der Waals surface area contributed by atoms with Crippen LogP contribution < -0.4 is 5.32 Å². The molecule has 0 radical (unpaired) electrons. The van der Waals surface area contributed by atoms with Crippen LogP contribution in [0, 0.1) is 0 Å². The van der Waals surface area contributed by atoms with Crippen molar-refractivity contribution in [2.45, 2.75) is 309 Å². The molecule has 0 heterocycles. The molecule has 0 bridgehead atoms. The number of esters is 1. The van der Waals surface area contributed by atoms with Crippen molar-refractivity contribution in [3.63, 3.8) is 0 Å². The fourth-order valence-corrected chi connectivity index (χ4v) is 10.3. The highest BCUT2D eigenvalue weighted by molar-refractivity contribution is 7.47. The molecular weight excluding hydrogens is 1040 g/mol. The summed E-state index contributed by atoms with van der Waals surface area (Å²) in [6.07, 6.45) is 82.7. The second-order valence-electron chi connectivity index (χ2n) is 24.0. The summed E-state index contributed by atoms with van der Waals surface area (Å²) in [6.45, 7) is 6.87. The Kier molecular flexibility index (Phi) is 58.7. The molecule has 0 fully saturated rings. The van der Waals surface area contributed by atoms with Crippen molar-refractivity contribution in [3.05, 3.63) is 97.2 Å². The molecule has 0 aromatic heterocycles. The predicted octanol–water partition coefficient (Wildman–Crippen LogP) is 21.5. The number of nitrogens with zero attached hydrogens (tertiary/aromatic N) is 1. The molecule has 0 aliphatic carbocycles. The Morgan fingerprint density at radius 1 is 0.439 bits per heavy atom. The van der Waals surface area contributed by atoms with Gasteiger partial charge in [-0.1, -0.05) is 272 Å². The van der Waals surface area contributed by atoms with E-state index < -0.39 is 20.0 Å². The van der Waals surface area contributed by atoms with Crippen LogP contribution >= 0.6 is 7.82 Å². The zero-order chi connectivity index (χ0) is 60.0. The number of carbonyl (C=O) groups is 2. The Bertz CT molecular complexity index is 1720. The zero-order valence-electron chi connectivity index (χ0n) is 54.2. The van der Waals surface area contributed by atoms with Gasteiger partial charge in [-0.15, -0.1) is 0 Å². The number of hydrogen-bond acceptors (Lipinski definition) is 6. The van der Waals surface area contributed by atoms with E-state index in [1.54, 1.807) is 0 Å². The molecule has 0 spiro atoms. The average Bonchev–Trinajstić information content (AvgIpc) is 3.44. The van der Waals surface area contributed by atoms with Gasteiger partial charge in [-0.3, -0.25) is 18.6 Å². The Labute approximate surface area is 507 Å². The first kappa shape index (κ1) is 78.9. The number of carbonyl (C=O) groups excluding carboxylic acids is 2. The van der Waals surface area contributed by atoms with Crippen molar-refractivity contribution >= 4 is 19.7 Å². The molecule has 3 unspecified atom stereocenters. The Hall–Kier alpha value is -3.07. The minimum Gasteiger partial charge on any atom is -0.456 e. The van der Waals surface area contributed by atoms with Crippen molar-refractivity contribution in [2.75, 3.05) is 40.9 Å². The van der Waals surface area contributed by atoms with Crippen LogP contribution in [0.2, 0.25) is 0 Å². The summed E-state index contributed by atoms with van der Waals surface area (Å²) in [4.78, 5) is 37.8. The first-order valence-electron chi connectivity index (χ1n) is 34.1. The summed E-state index contributed by atoms with van der Waals surface area (Å²) in [7, 11) is 1.47. The number of phosphoric acid groups is 1. The maximum atomic E-state index is 13.6. The van der Waals surface area contributed by atoms with Gasteiger partial charge < -0.3 is 19.4 Å². The zero-order valence-corrected chi connectivity index (χ0v) is 55.1. The van der Waals surface area contributed by atoms with Crippen LogP contribution in [0.15, 0.2) is 97.2 Å². The SMILES string of the molecule is CC/C=C\C/C=C\C/C=C\C/C=C\C/C=C\CCCCCC(=O)OC(/C=C\CCCCCCCCCCCC)C(COP(=O)(O)OCC[N+](C)(C)C)NC(=O)CCCCCCCCCCCCCCCCC/C=C\C/C=C\CCCCC. The van der Waals surface area contributed by atoms with Crippen molar-refractivity contribution < 1.29 is 37.3 Å². The number of amides is 1. The molecule has 9 nitrogen and oxygen atoms in total. The highest BCUT2D eigenvalue weighted by atomic mass is 31.2. The quantitative estimate of drug-likeness (QED) is 0.0205. The second-order valence-corrected chi connectivity index (χ2v) is 25.4. The monoisotopic (exact) mass is 1170 g/mol. The van der Waals surface area contributed by atoms with Gasteiger partial charge in [0, 0.05) is 12.8 Å². The molecular formula is C72H130N2O7P+. The van der Waals surface area contributed by atoms with E-state index in [2.05, 4.69) is 111 Å². The molecule has 0 aliphatic heterocycles. The first-order chi connectivity index (χ1) is 39.9. The summed E-state index contributed by atoms with van der Waals surface area (Å²) in [5.74, 6) is -0.540. The molecule has 474 valence electrons. The Morgan fingerprint density at radius 3 is 1.21 bits per heavy atom. The van der Waals surface area contributed by atoms with E-state index in [9.17, 15) is 19.0 Å². The largest absolute Gasteiger partial charge is 0.472 e. The van der Waals surface area contributed by atoms with Crippen molar-refractivity contribution in [1.29, 1.82) is 0 Å². The molecule has 82 heavy (non-hydrogen) atoms. The van der Waals surface area contributed by atoms with Gasteiger partial charge in [-0.05, 0) is 109 Å².